The maximum atomic E-state index is 13.3. The van der Waals surface area contributed by atoms with Crippen molar-refractivity contribution >= 4 is 49.6 Å². The third-order valence-electron chi connectivity index (χ3n) is 5.70. The quantitative estimate of drug-likeness (QED) is 0.627. The highest BCUT2D eigenvalue weighted by atomic mass is 32.2. The van der Waals surface area contributed by atoms with Gasteiger partial charge in [0.1, 0.15) is 15.3 Å². The van der Waals surface area contributed by atoms with E-state index in [1.807, 2.05) is 0 Å². The lowest BCUT2D eigenvalue weighted by Crippen LogP contribution is -2.49. The van der Waals surface area contributed by atoms with Crippen LogP contribution in [0.2, 0.25) is 0 Å². The molecule has 31 heavy (non-hydrogen) atoms. The van der Waals surface area contributed by atoms with Gasteiger partial charge >= 0.3 is 5.97 Å². The zero-order valence-corrected chi connectivity index (χ0v) is 19.8. The van der Waals surface area contributed by atoms with Crippen molar-refractivity contribution in [1.29, 1.82) is 0 Å². The first-order valence-corrected chi connectivity index (χ1v) is 13.7. The SMILES string of the molecule is CCOC(=O)c1c(NC(=O)C2CCCCN2S(=O)(=O)c2cccs2)sc2c1CCCC2. The summed E-state index contributed by atoms with van der Waals surface area (Å²) in [5, 5.41) is 5.10. The molecule has 1 saturated heterocycles. The number of nitrogens with one attached hydrogen (secondary N) is 1. The molecule has 7 nitrogen and oxygen atoms in total. The van der Waals surface area contributed by atoms with Crippen LogP contribution in [-0.2, 0) is 32.4 Å². The number of anilines is 1. The van der Waals surface area contributed by atoms with Crippen molar-refractivity contribution < 1.29 is 22.7 Å². The summed E-state index contributed by atoms with van der Waals surface area (Å²) in [6.07, 6.45) is 5.67. The van der Waals surface area contributed by atoms with E-state index in [0.717, 1.165) is 60.3 Å². The van der Waals surface area contributed by atoms with E-state index >= 15 is 0 Å². The Balaban J connectivity index is 1.62. The Morgan fingerprint density at radius 2 is 2.03 bits per heavy atom. The molecule has 1 N–H and O–H groups in total. The third-order valence-corrected chi connectivity index (χ3v) is 10.2. The van der Waals surface area contributed by atoms with E-state index in [4.69, 9.17) is 4.74 Å². The second kappa shape index (κ2) is 9.40. The number of rotatable bonds is 6. The van der Waals surface area contributed by atoms with E-state index in [0.29, 0.717) is 23.5 Å². The molecule has 1 aliphatic heterocycles. The number of aryl methyl sites for hydroxylation is 1. The summed E-state index contributed by atoms with van der Waals surface area (Å²) in [6.45, 7) is 2.32. The van der Waals surface area contributed by atoms with Crippen LogP contribution in [0, 0.1) is 0 Å². The maximum Gasteiger partial charge on any atom is 0.341 e. The Bertz CT molecular complexity index is 1060. The van der Waals surface area contributed by atoms with Gasteiger partial charge in [-0.15, -0.1) is 22.7 Å². The largest absolute Gasteiger partial charge is 0.462 e. The lowest BCUT2D eigenvalue weighted by Gasteiger charge is -2.33. The highest BCUT2D eigenvalue weighted by Gasteiger charge is 2.39. The van der Waals surface area contributed by atoms with E-state index in [2.05, 4.69) is 5.32 Å². The van der Waals surface area contributed by atoms with Crippen LogP contribution in [0.3, 0.4) is 0 Å². The number of carbonyl (C=O) groups excluding carboxylic acids is 2. The molecule has 2 aromatic heterocycles. The molecule has 4 rings (SSSR count). The number of sulfonamides is 1. The predicted octanol–water partition coefficient (Wildman–Crippen LogP) is 4.05. The number of hydrogen-bond donors (Lipinski definition) is 1. The number of esters is 1. The number of hydrogen-bond acceptors (Lipinski definition) is 7. The molecule has 0 aromatic carbocycles. The first-order chi connectivity index (χ1) is 14.9. The molecule has 1 fully saturated rings. The van der Waals surface area contributed by atoms with Gasteiger partial charge in [-0.1, -0.05) is 12.5 Å². The molecule has 2 aliphatic rings. The number of fused-ring (bicyclic) bond motifs is 1. The molecule has 1 atom stereocenters. The van der Waals surface area contributed by atoms with Crippen LogP contribution in [0.1, 0.15) is 59.8 Å². The average molecular weight is 483 g/mol. The number of piperidine rings is 1. The van der Waals surface area contributed by atoms with Gasteiger partial charge in [-0.2, -0.15) is 4.31 Å². The summed E-state index contributed by atoms with van der Waals surface area (Å²) >= 11 is 2.57. The lowest BCUT2D eigenvalue weighted by molar-refractivity contribution is -0.120. The first kappa shape index (κ1) is 22.4. The van der Waals surface area contributed by atoms with Crippen molar-refractivity contribution in [3.05, 3.63) is 33.5 Å². The highest BCUT2D eigenvalue weighted by molar-refractivity contribution is 7.91. The second-order valence-electron chi connectivity index (χ2n) is 7.68. The monoisotopic (exact) mass is 482 g/mol. The number of nitrogens with zero attached hydrogens (tertiary/aromatic N) is 1. The smallest absolute Gasteiger partial charge is 0.341 e. The number of thiophene rings is 2. The van der Waals surface area contributed by atoms with E-state index in [1.54, 1.807) is 24.4 Å². The van der Waals surface area contributed by atoms with Crippen molar-refractivity contribution in [1.82, 2.24) is 4.31 Å². The fourth-order valence-corrected chi connectivity index (χ4v) is 8.31. The first-order valence-electron chi connectivity index (χ1n) is 10.6. The van der Waals surface area contributed by atoms with Crippen LogP contribution >= 0.6 is 22.7 Å². The Kier molecular flexibility index (Phi) is 6.80. The van der Waals surface area contributed by atoms with Crippen molar-refractivity contribution in [3.63, 3.8) is 0 Å². The molecule has 10 heteroatoms. The summed E-state index contributed by atoms with van der Waals surface area (Å²) < 4.78 is 33.1. The molecule has 0 spiro atoms. The molecule has 1 unspecified atom stereocenters. The van der Waals surface area contributed by atoms with Crippen LogP contribution < -0.4 is 5.32 Å². The maximum absolute atomic E-state index is 13.3. The van der Waals surface area contributed by atoms with Crippen molar-refractivity contribution in [2.24, 2.45) is 0 Å². The predicted molar refractivity (Wildman–Crippen MR) is 121 cm³/mol. The highest BCUT2D eigenvalue weighted by Crippen LogP contribution is 2.39. The third kappa shape index (κ3) is 4.44. The van der Waals surface area contributed by atoms with E-state index in [-0.39, 0.29) is 16.7 Å². The molecule has 3 heterocycles. The minimum atomic E-state index is -3.74. The fraction of sp³-hybridized carbons (Fsp3) is 0.524. The average Bonchev–Trinajstić information content (AvgIpc) is 3.42. The number of carbonyl (C=O) groups is 2. The van der Waals surface area contributed by atoms with Gasteiger partial charge in [0, 0.05) is 11.4 Å². The molecule has 0 bridgehead atoms. The summed E-state index contributed by atoms with van der Waals surface area (Å²) in [5.41, 5.74) is 1.41. The fourth-order valence-electron chi connectivity index (χ4n) is 4.25. The van der Waals surface area contributed by atoms with Crippen LogP contribution in [0.4, 0.5) is 5.00 Å². The van der Waals surface area contributed by atoms with Gasteiger partial charge in [0.15, 0.2) is 0 Å². The van der Waals surface area contributed by atoms with Crippen LogP contribution in [0.15, 0.2) is 21.7 Å². The Morgan fingerprint density at radius 1 is 1.23 bits per heavy atom. The van der Waals surface area contributed by atoms with Crippen molar-refractivity contribution in [2.75, 3.05) is 18.5 Å². The summed E-state index contributed by atoms with van der Waals surface area (Å²) in [6, 6.07) is 2.46. The van der Waals surface area contributed by atoms with Gasteiger partial charge in [-0.05, 0) is 62.5 Å². The zero-order chi connectivity index (χ0) is 22.0. The number of amides is 1. The lowest BCUT2D eigenvalue weighted by atomic mass is 9.95. The van der Waals surface area contributed by atoms with Crippen molar-refractivity contribution in [3.8, 4) is 0 Å². The van der Waals surface area contributed by atoms with Gasteiger partial charge in [0.05, 0.1) is 12.2 Å². The number of ether oxygens (including phenoxy) is 1. The topological polar surface area (TPSA) is 92.8 Å². The van der Waals surface area contributed by atoms with Crippen LogP contribution in [0.5, 0.6) is 0 Å². The van der Waals surface area contributed by atoms with Crippen LogP contribution in [0.25, 0.3) is 0 Å². The van der Waals surface area contributed by atoms with Gasteiger partial charge in [-0.25, -0.2) is 13.2 Å². The summed E-state index contributed by atoms with van der Waals surface area (Å²) in [4.78, 5) is 27.1. The minimum Gasteiger partial charge on any atom is -0.462 e. The molecule has 2 aromatic rings. The molecule has 1 amide bonds. The molecule has 0 saturated carbocycles. The minimum absolute atomic E-state index is 0.242. The molecular weight excluding hydrogens is 456 g/mol. The zero-order valence-electron chi connectivity index (χ0n) is 17.4. The molecule has 0 radical (unpaired) electrons. The van der Waals surface area contributed by atoms with Crippen molar-refractivity contribution in [2.45, 2.75) is 62.1 Å². The van der Waals surface area contributed by atoms with Gasteiger partial charge in [0.25, 0.3) is 10.0 Å². The second-order valence-corrected chi connectivity index (χ2v) is 11.9. The summed E-state index contributed by atoms with van der Waals surface area (Å²) in [7, 11) is -3.74. The Labute approximate surface area is 190 Å². The molecular formula is C21H26N2O5S3. The van der Waals surface area contributed by atoms with E-state index in [9.17, 15) is 18.0 Å². The Morgan fingerprint density at radius 3 is 2.77 bits per heavy atom. The van der Waals surface area contributed by atoms with Crippen LogP contribution in [-0.4, -0.2) is 43.8 Å². The van der Waals surface area contributed by atoms with E-state index < -0.39 is 22.0 Å². The molecule has 168 valence electrons. The van der Waals surface area contributed by atoms with Gasteiger partial charge in [0.2, 0.25) is 5.91 Å². The molecule has 1 aliphatic carbocycles. The van der Waals surface area contributed by atoms with Gasteiger partial charge in [-0.3, -0.25) is 4.79 Å². The standard InChI is InChI=1S/C21H26N2O5S3/c1-2-28-21(25)18-14-8-3-4-10-16(14)30-20(18)22-19(24)15-9-5-6-12-23(15)31(26,27)17-11-7-13-29-17/h7,11,13,15H,2-6,8-10,12H2,1H3,(H,22,24). The van der Waals surface area contributed by atoms with E-state index in [1.165, 1.54) is 15.6 Å². The summed E-state index contributed by atoms with van der Waals surface area (Å²) in [5.74, 6) is -0.812. The van der Waals surface area contributed by atoms with Gasteiger partial charge < -0.3 is 10.1 Å². The normalized spacial score (nSPS) is 19.6. The Hall–Kier alpha value is -1.75.